The van der Waals surface area contributed by atoms with Crippen LogP contribution in [0.4, 0.5) is 5.69 Å². The molecule has 1 N–H and O–H groups in total. The summed E-state index contributed by atoms with van der Waals surface area (Å²) in [6, 6.07) is 6.70. The van der Waals surface area contributed by atoms with Crippen LogP contribution in [0.5, 0.6) is 0 Å². The molecule has 0 bridgehead atoms. The predicted octanol–water partition coefficient (Wildman–Crippen LogP) is 3.63. The molecule has 1 heterocycles. The van der Waals surface area contributed by atoms with Gasteiger partial charge in [0, 0.05) is 19.1 Å². The molecule has 0 aliphatic carbocycles. The molecular formula is C16H25ClN2O. The van der Waals surface area contributed by atoms with E-state index < -0.39 is 0 Å². The van der Waals surface area contributed by atoms with Crippen LogP contribution in [-0.2, 0) is 4.74 Å². The first-order chi connectivity index (χ1) is 9.43. The highest BCUT2D eigenvalue weighted by Crippen LogP contribution is 2.31. The van der Waals surface area contributed by atoms with Gasteiger partial charge in [-0.25, -0.2) is 0 Å². The van der Waals surface area contributed by atoms with Crippen molar-refractivity contribution in [2.45, 2.75) is 39.3 Å². The second kappa shape index (κ2) is 6.33. The first kappa shape index (κ1) is 15.6. The zero-order valence-corrected chi connectivity index (χ0v) is 13.6. The molecule has 0 amide bonds. The zero-order chi connectivity index (χ0) is 14.8. The van der Waals surface area contributed by atoms with Crippen molar-refractivity contribution in [3.8, 4) is 0 Å². The SMILES string of the molecule is CCNC(C)c1ccc(N2CCOC(C)(C)C2)c(Cl)c1. The first-order valence-corrected chi connectivity index (χ1v) is 7.72. The average Bonchev–Trinajstić information content (AvgIpc) is 2.37. The maximum atomic E-state index is 6.49. The minimum Gasteiger partial charge on any atom is -0.372 e. The molecule has 0 saturated carbocycles. The van der Waals surface area contributed by atoms with Gasteiger partial charge in [-0.2, -0.15) is 0 Å². The van der Waals surface area contributed by atoms with Gasteiger partial charge in [-0.1, -0.05) is 24.6 Å². The number of morpholine rings is 1. The van der Waals surface area contributed by atoms with Crippen LogP contribution in [0.25, 0.3) is 0 Å². The topological polar surface area (TPSA) is 24.5 Å². The Balaban J connectivity index is 2.17. The van der Waals surface area contributed by atoms with Gasteiger partial charge in [0.05, 0.1) is 22.9 Å². The number of ether oxygens (including phenoxy) is 1. The summed E-state index contributed by atoms with van der Waals surface area (Å²) in [5.41, 5.74) is 2.22. The van der Waals surface area contributed by atoms with Crippen molar-refractivity contribution in [2.75, 3.05) is 31.1 Å². The highest BCUT2D eigenvalue weighted by Gasteiger charge is 2.28. The molecule has 112 valence electrons. The molecule has 0 radical (unpaired) electrons. The predicted molar refractivity (Wildman–Crippen MR) is 85.8 cm³/mol. The fourth-order valence-corrected chi connectivity index (χ4v) is 3.00. The van der Waals surface area contributed by atoms with Crippen LogP contribution in [0.1, 0.15) is 39.3 Å². The number of rotatable bonds is 4. The Kier molecular flexibility index (Phi) is 4.95. The molecule has 1 aliphatic rings. The van der Waals surface area contributed by atoms with Crippen molar-refractivity contribution in [2.24, 2.45) is 0 Å². The summed E-state index contributed by atoms with van der Waals surface area (Å²) in [5.74, 6) is 0. The van der Waals surface area contributed by atoms with Gasteiger partial charge in [0.1, 0.15) is 0 Å². The van der Waals surface area contributed by atoms with Crippen molar-refractivity contribution in [3.63, 3.8) is 0 Å². The quantitative estimate of drug-likeness (QED) is 0.918. The Hall–Kier alpha value is -0.770. The Morgan fingerprint density at radius 2 is 2.20 bits per heavy atom. The van der Waals surface area contributed by atoms with E-state index in [1.807, 2.05) is 0 Å². The van der Waals surface area contributed by atoms with E-state index in [4.69, 9.17) is 16.3 Å². The van der Waals surface area contributed by atoms with Gasteiger partial charge >= 0.3 is 0 Å². The van der Waals surface area contributed by atoms with Gasteiger partial charge in [0.15, 0.2) is 0 Å². The molecule has 0 aromatic heterocycles. The molecule has 20 heavy (non-hydrogen) atoms. The smallest absolute Gasteiger partial charge is 0.0801 e. The number of benzene rings is 1. The maximum absolute atomic E-state index is 6.49. The van der Waals surface area contributed by atoms with Crippen LogP contribution in [0.15, 0.2) is 18.2 Å². The lowest BCUT2D eigenvalue weighted by Crippen LogP contribution is -2.48. The summed E-state index contributed by atoms with van der Waals surface area (Å²) < 4.78 is 5.76. The highest BCUT2D eigenvalue weighted by molar-refractivity contribution is 6.33. The maximum Gasteiger partial charge on any atom is 0.0801 e. The van der Waals surface area contributed by atoms with Crippen molar-refractivity contribution in [3.05, 3.63) is 28.8 Å². The lowest BCUT2D eigenvalue weighted by molar-refractivity contribution is -0.0276. The monoisotopic (exact) mass is 296 g/mol. The van der Waals surface area contributed by atoms with Crippen molar-refractivity contribution in [1.82, 2.24) is 5.32 Å². The number of nitrogens with zero attached hydrogens (tertiary/aromatic N) is 1. The molecule has 3 nitrogen and oxygen atoms in total. The Labute approximate surface area is 127 Å². The van der Waals surface area contributed by atoms with Crippen LogP contribution in [0.2, 0.25) is 5.02 Å². The van der Waals surface area contributed by atoms with Gasteiger partial charge in [-0.15, -0.1) is 0 Å². The molecule has 1 aliphatic heterocycles. The van der Waals surface area contributed by atoms with E-state index in [2.05, 4.69) is 56.1 Å². The molecule has 0 spiro atoms. The lowest BCUT2D eigenvalue weighted by Gasteiger charge is -2.39. The Bertz CT molecular complexity index is 462. The van der Waals surface area contributed by atoms with E-state index in [0.29, 0.717) is 6.04 Å². The molecule has 1 aromatic rings. The van der Waals surface area contributed by atoms with E-state index in [0.717, 1.165) is 37.0 Å². The van der Waals surface area contributed by atoms with Gasteiger partial charge < -0.3 is 15.0 Å². The van der Waals surface area contributed by atoms with Gasteiger partial charge in [-0.3, -0.25) is 0 Å². The number of hydrogen-bond donors (Lipinski definition) is 1. The van der Waals surface area contributed by atoms with Crippen molar-refractivity contribution in [1.29, 1.82) is 0 Å². The summed E-state index contributed by atoms with van der Waals surface area (Å²) in [6.45, 7) is 12.0. The minimum atomic E-state index is -0.114. The minimum absolute atomic E-state index is 0.114. The largest absolute Gasteiger partial charge is 0.372 e. The van der Waals surface area contributed by atoms with Crippen LogP contribution < -0.4 is 10.2 Å². The first-order valence-electron chi connectivity index (χ1n) is 7.34. The van der Waals surface area contributed by atoms with Crippen LogP contribution in [0.3, 0.4) is 0 Å². The molecule has 1 unspecified atom stereocenters. The fourth-order valence-electron chi connectivity index (χ4n) is 2.70. The van der Waals surface area contributed by atoms with Crippen LogP contribution in [0, 0.1) is 0 Å². The number of hydrogen-bond acceptors (Lipinski definition) is 3. The van der Waals surface area contributed by atoms with Gasteiger partial charge in [0.2, 0.25) is 0 Å². The Morgan fingerprint density at radius 3 is 2.80 bits per heavy atom. The third kappa shape index (κ3) is 3.66. The standard InChI is InChI=1S/C16H25ClN2O/c1-5-18-12(2)13-6-7-15(14(17)10-13)19-8-9-20-16(3,4)11-19/h6-7,10,12,18H,5,8-9,11H2,1-4H3. The van der Waals surface area contributed by atoms with E-state index in [1.54, 1.807) is 0 Å². The van der Waals surface area contributed by atoms with Crippen LogP contribution in [-0.4, -0.2) is 31.8 Å². The summed E-state index contributed by atoms with van der Waals surface area (Å²) >= 11 is 6.49. The summed E-state index contributed by atoms with van der Waals surface area (Å²) in [4.78, 5) is 2.31. The second-order valence-corrected chi connectivity index (χ2v) is 6.43. The molecular weight excluding hydrogens is 272 g/mol. The van der Waals surface area contributed by atoms with Gasteiger partial charge in [0.25, 0.3) is 0 Å². The lowest BCUT2D eigenvalue weighted by atomic mass is 10.0. The van der Waals surface area contributed by atoms with E-state index in [-0.39, 0.29) is 5.60 Å². The number of nitrogens with one attached hydrogen (secondary N) is 1. The van der Waals surface area contributed by atoms with E-state index in [9.17, 15) is 0 Å². The Morgan fingerprint density at radius 1 is 1.45 bits per heavy atom. The molecule has 1 fully saturated rings. The molecule has 1 saturated heterocycles. The van der Waals surface area contributed by atoms with Crippen LogP contribution >= 0.6 is 11.6 Å². The second-order valence-electron chi connectivity index (χ2n) is 6.02. The van der Waals surface area contributed by atoms with E-state index in [1.165, 1.54) is 5.56 Å². The summed E-state index contributed by atoms with van der Waals surface area (Å²) in [5, 5.41) is 4.23. The molecule has 1 aromatic carbocycles. The van der Waals surface area contributed by atoms with Crippen molar-refractivity contribution < 1.29 is 4.74 Å². The zero-order valence-electron chi connectivity index (χ0n) is 12.9. The summed E-state index contributed by atoms with van der Waals surface area (Å²) in [7, 11) is 0. The number of anilines is 1. The normalized spacial score (nSPS) is 19.9. The highest BCUT2D eigenvalue weighted by atomic mass is 35.5. The third-order valence-corrected chi connectivity index (χ3v) is 4.05. The third-order valence-electron chi connectivity index (χ3n) is 3.75. The molecule has 2 rings (SSSR count). The average molecular weight is 297 g/mol. The molecule has 1 atom stereocenters. The molecule has 4 heteroatoms. The fraction of sp³-hybridized carbons (Fsp3) is 0.625. The summed E-state index contributed by atoms with van der Waals surface area (Å²) in [6.07, 6.45) is 0. The van der Waals surface area contributed by atoms with Crippen molar-refractivity contribution >= 4 is 17.3 Å². The van der Waals surface area contributed by atoms with Gasteiger partial charge in [-0.05, 0) is 45.0 Å². The van der Waals surface area contributed by atoms with E-state index >= 15 is 0 Å². The number of halogens is 1.